The van der Waals surface area contributed by atoms with Crippen molar-refractivity contribution in [2.45, 2.75) is 4.90 Å². The van der Waals surface area contributed by atoms with Crippen LogP contribution in [0.4, 0.5) is 0 Å². The minimum absolute atomic E-state index is 0.832. The van der Waals surface area contributed by atoms with Crippen LogP contribution in [0.15, 0.2) is 135 Å². The minimum atomic E-state index is 0.832. The fourth-order valence-electron chi connectivity index (χ4n) is 7.14. The van der Waals surface area contributed by atoms with E-state index in [2.05, 4.69) is 215 Å². The van der Waals surface area contributed by atoms with Crippen LogP contribution in [0, 0.1) is 0 Å². The van der Waals surface area contributed by atoms with Gasteiger partial charge < -0.3 is 9.97 Å². The van der Waals surface area contributed by atoms with Crippen molar-refractivity contribution in [3.8, 4) is 44.5 Å². The number of hydrogen-bond acceptors (Lipinski definition) is 3. The number of nitrogens with zero attached hydrogens (tertiary/aromatic N) is 2. The van der Waals surface area contributed by atoms with Gasteiger partial charge in [-0.2, -0.15) is 0 Å². The number of aromatic amines is 2. The summed E-state index contributed by atoms with van der Waals surface area (Å²) >= 11 is 27.0. The SMILES string of the molecule is Sc1ccc(-c2c3nc(c(-c4cc(Br)cc(Br)c4)c4ccc([nH]4)c(-c4cc(Br)cc(Br)c4)c4nc(c(-c5cc(Br)cc(Br)c5)c5ccc2[nH]5)C=C4)C=C3)cc1. The van der Waals surface area contributed by atoms with Crippen LogP contribution in [0.3, 0.4) is 0 Å². The molecule has 0 atom stereocenters. The average Bonchev–Trinajstić information content (AvgIpc) is 3.95. The Morgan fingerprint density at radius 2 is 0.618 bits per heavy atom. The summed E-state index contributed by atoms with van der Waals surface area (Å²) < 4.78 is 5.73. The number of hydrogen-bond donors (Lipinski definition) is 3. The van der Waals surface area contributed by atoms with E-state index in [9.17, 15) is 0 Å². The maximum atomic E-state index is 5.42. The molecule has 0 unspecified atom stereocenters. The van der Waals surface area contributed by atoms with Gasteiger partial charge in [-0.25, -0.2) is 9.97 Å². The molecule has 2 aliphatic rings. The topological polar surface area (TPSA) is 57.4 Å². The smallest absolute Gasteiger partial charge is 0.0737 e. The van der Waals surface area contributed by atoms with Gasteiger partial charge in [-0.05, 0) is 138 Å². The summed E-state index contributed by atoms with van der Waals surface area (Å²) in [4.78, 5) is 19.3. The molecule has 7 aromatic rings. The molecule has 55 heavy (non-hydrogen) atoms. The van der Waals surface area contributed by atoms with Gasteiger partial charge in [0.05, 0.1) is 22.8 Å². The predicted molar refractivity (Wildman–Crippen MR) is 254 cm³/mol. The normalized spacial score (nSPS) is 12.1. The van der Waals surface area contributed by atoms with E-state index in [0.29, 0.717) is 0 Å². The number of halogens is 6. The van der Waals surface area contributed by atoms with E-state index in [-0.39, 0.29) is 0 Å². The molecule has 2 N–H and O–H groups in total. The Kier molecular flexibility index (Phi) is 10.3. The van der Waals surface area contributed by atoms with E-state index in [1.54, 1.807) is 0 Å². The molecule has 2 aliphatic heterocycles. The summed E-state index contributed by atoms with van der Waals surface area (Å²) in [6.45, 7) is 0. The quantitative estimate of drug-likeness (QED) is 0.154. The molecule has 4 nitrogen and oxygen atoms in total. The van der Waals surface area contributed by atoms with E-state index in [0.717, 1.165) is 121 Å². The monoisotopic (exact) mass is 1110 g/mol. The maximum absolute atomic E-state index is 5.42. The molecular weight excluding hydrogens is 1100 g/mol. The average molecular weight is 1120 g/mol. The minimum Gasteiger partial charge on any atom is -0.354 e. The number of benzene rings is 4. The maximum Gasteiger partial charge on any atom is 0.0737 e. The van der Waals surface area contributed by atoms with E-state index in [4.69, 9.17) is 9.97 Å². The van der Waals surface area contributed by atoms with E-state index >= 15 is 0 Å². The van der Waals surface area contributed by atoms with Crippen LogP contribution in [0.5, 0.6) is 0 Å². The van der Waals surface area contributed by atoms with Crippen LogP contribution in [-0.4, -0.2) is 19.9 Å². The first kappa shape index (κ1) is 37.3. The lowest BCUT2D eigenvalue weighted by atomic mass is 10.0. The van der Waals surface area contributed by atoms with Crippen molar-refractivity contribution in [1.29, 1.82) is 0 Å². The third-order valence-corrected chi connectivity index (χ3v) is 12.4. The largest absolute Gasteiger partial charge is 0.354 e. The Bertz CT molecular complexity index is 2850. The predicted octanol–water partition coefficient (Wildman–Crippen LogP) is 16.2. The van der Waals surface area contributed by atoms with E-state index < -0.39 is 0 Å². The first-order chi connectivity index (χ1) is 26.6. The van der Waals surface area contributed by atoms with Crippen molar-refractivity contribution >= 4 is 155 Å². The first-order valence-electron chi connectivity index (χ1n) is 16.9. The summed E-state index contributed by atoms with van der Waals surface area (Å²) in [5.41, 5.74) is 14.9. The lowest BCUT2D eigenvalue weighted by Crippen LogP contribution is -1.90. The molecule has 0 aliphatic carbocycles. The Morgan fingerprint density at radius 3 is 0.909 bits per heavy atom. The van der Waals surface area contributed by atoms with Crippen LogP contribution < -0.4 is 0 Å². The van der Waals surface area contributed by atoms with Gasteiger partial charge in [-0.15, -0.1) is 12.6 Å². The van der Waals surface area contributed by atoms with Gasteiger partial charge in [-0.3, -0.25) is 0 Å². The lowest BCUT2D eigenvalue weighted by Gasteiger charge is -2.08. The van der Waals surface area contributed by atoms with Gasteiger partial charge in [0.25, 0.3) is 0 Å². The number of H-pyrrole nitrogens is 2. The Hall–Kier alpha value is -3.29. The summed E-state index contributed by atoms with van der Waals surface area (Å²) in [6, 6.07) is 35.6. The second-order valence-corrected chi connectivity index (χ2v) is 19.0. The molecule has 3 aromatic heterocycles. The van der Waals surface area contributed by atoms with Gasteiger partial charge >= 0.3 is 0 Å². The highest BCUT2D eigenvalue weighted by Gasteiger charge is 2.20. The summed E-state index contributed by atoms with van der Waals surface area (Å²) in [7, 11) is 0. The number of aromatic nitrogens is 4. The second-order valence-electron chi connectivity index (χ2n) is 13.0. The molecule has 4 aromatic carbocycles. The molecular formula is C44H24Br6N4S. The van der Waals surface area contributed by atoms with Crippen molar-refractivity contribution in [2.24, 2.45) is 0 Å². The van der Waals surface area contributed by atoms with E-state index in [1.807, 2.05) is 30.3 Å². The van der Waals surface area contributed by atoms with Crippen LogP contribution in [0.25, 0.3) is 90.9 Å². The zero-order valence-corrected chi connectivity index (χ0v) is 38.6. The number of rotatable bonds is 4. The first-order valence-corrected chi connectivity index (χ1v) is 22.1. The van der Waals surface area contributed by atoms with Crippen molar-refractivity contribution in [3.63, 3.8) is 0 Å². The van der Waals surface area contributed by atoms with Crippen molar-refractivity contribution in [1.82, 2.24) is 19.9 Å². The highest BCUT2D eigenvalue weighted by molar-refractivity contribution is 9.11. The van der Waals surface area contributed by atoms with E-state index in [1.165, 1.54) is 0 Å². The van der Waals surface area contributed by atoms with Gasteiger partial charge in [0.15, 0.2) is 0 Å². The molecule has 5 heterocycles. The molecule has 0 radical (unpaired) electrons. The van der Waals surface area contributed by atoms with Gasteiger partial charge in [-0.1, -0.05) is 108 Å². The zero-order valence-electron chi connectivity index (χ0n) is 28.2. The number of thiol groups is 1. The van der Waals surface area contributed by atoms with Gasteiger partial charge in [0.1, 0.15) is 0 Å². The van der Waals surface area contributed by atoms with Crippen LogP contribution in [0.2, 0.25) is 0 Å². The molecule has 9 rings (SSSR count). The molecule has 268 valence electrons. The fraction of sp³-hybridized carbons (Fsp3) is 0. The van der Waals surface area contributed by atoms with Gasteiger partial charge in [0.2, 0.25) is 0 Å². The van der Waals surface area contributed by atoms with Gasteiger partial charge in [0, 0.05) is 76.1 Å². The van der Waals surface area contributed by atoms with Crippen LogP contribution >= 0.6 is 108 Å². The molecule has 0 saturated carbocycles. The fourth-order valence-corrected chi connectivity index (χ4v) is 11.2. The molecule has 0 saturated heterocycles. The molecule has 0 spiro atoms. The standard InChI is InChI=1S/C44H24Br6N4S/c45-26-13-23(14-27(46)19-26)42-35-7-5-33(51-35)41(22-1-3-32(55)4-2-22)34-6-8-36(52-34)43(24-15-28(47)20-29(48)16-24)38-10-12-40(54-38)44(39-11-9-37(42)53-39)25-17-30(49)21-31(50)18-25/h1-21,51,54-55H. The third-order valence-electron chi connectivity index (χ3n) is 9.36. The summed E-state index contributed by atoms with van der Waals surface area (Å²) in [5.74, 6) is 0. The molecule has 11 heteroatoms. The highest BCUT2D eigenvalue weighted by atomic mass is 79.9. The molecule has 8 bridgehead atoms. The number of fused-ring (bicyclic) bond motifs is 8. The third kappa shape index (κ3) is 7.49. The highest BCUT2D eigenvalue weighted by Crippen LogP contribution is 2.41. The van der Waals surface area contributed by atoms with Crippen LogP contribution in [-0.2, 0) is 0 Å². The number of nitrogens with one attached hydrogen (secondary N) is 2. The molecule has 0 amide bonds. The van der Waals surface area contributed by atoms with Crippen LogP contribution in [0.1, 0.15) is 22.8 Å². The summed E-state index contributed by atoms with van der Waals surface area (Å²) in [5, 5.41) is 0. The van der Waals surface area contributed by atoms with Crippen molar-refractivity contribution in [3.05, 3.63) is 153 Å². The Labute approximate surface area is 372 Å². The second kappa shape index (κ2) is 15.2. The lowest BCUT2D eigenvalue weighted by molar-refractivity contribution is 1.31. The zero-order chi connectivity index (χ0) is 38.0. The van der Waals surface area contributed by atoms with Crippen molar-refractivity contribution < 1.29 is 0 Å². The Balaban J connectivity index is 1.49. The Morgan fingerprint density at radius 1 is 0.345 bits per heavy atom. The summed E-state index contributed by atoms with van der Waals surface area (Å²) in [6.07, 6.45) is 8.41. The van der Waals surface area contributed by atoms with Crippen molar-refractivity contribution in [2.75, 3.05) is 0 Å². The molecule has 0 fully saturated rings.